The van der Waals surface area contributed by atoms with Crippen LogP contribution in [0.5, 0.6) is 5.75 Å². The molecule has 1 aromatic rings. The average molecular weight is 221 g/mol. The van der Waals surface area contributed by atoms with Crippen LogP contribution in [0.1, 0.15) is 18.4 Å². The third kappa shape index (κ3) is 4.82. The zero-order valence-corrected chi connectivity index (χ0v) is 9.57. The van der Waals surface area contributed by atoms with E-state index in [0.717, 1.165) is 11.3 Å². The Bertz CT molecular complexity index is 334. The zero-order valence-electron chi connectivity index (χ0n) is 9.57. The van der Waals surface area contributed by atoms with Gasteiger partial charge in [-0.15, -0.1) is 0 Å². The van der Waals surface area contributed by atoms with Crippen molar-refractivity contribution in [1.29, 1.82) is 0 Å². The highest BCUT2D eigenvalue weighted by atomic mass is 16.6. The van der Waals surface area contributed by atoms with Crippen molar-refractivity contribution in [1.82, 2.24) is 0 Å². The molecule has 0 saturated carbocycles. The zero-order chi connectivity index (χ0) is 11.8. The SMILES string of the molecule is [CH2]CCC(=O)OCCOc1cccc(C)c1. The molecule has 1 rings (SSSR count). The van der Waals surface area contributed by atoms with E-state index in [4.69, 9.17) is 9.47 Å². The van der Waals surface area contributed by atoms with E-state index in [-0.39, 0.29) is 12.6 Å². The maximum atomic E-state index is 11.0. The van der Waals surface area contributed by atoms with Gasteiger partial charge in [0.15, 0.2) is 0 Å². The van der Waals surface area contributed by atoms with Crippen LogP contribution in [0, 0.1) is 13.8 Å². The van der Waals surface area contributed by atoms with Gasteiger partial charge in [-0.1, -0.05) is 19.1 Å². The molecule has 0 aromatic heterocycles. The highest BCUT2D eigenvalue weighted by molar-refractivity contribution is 5.69. The molecule has 0 spiro atoms. The van der Waals surface area contributed by atoms with Gasteiger partial charge < -0.3 is 9.47 Å². The van der Waals surface area contributed by atoms with E-state index in [1.54, 1.807) is 0 Å². The number of hydrogen-bond acceptors (Lipinski definition) is 3. The van der Waals surface area contributed by atoms with Gasteiger partial charge in [0, 0.05) is 6.42 Å². The standard InChI is InChI=1S/C13H17O3/c1-3-5-13(14)16-9-8-15-12-7-4-6-11(2)10-12/h4,6-7,10H,1,3,5,8-9H2,2H3. The molecule has 0 unspecified atom stereocenters. The second-order valence-corrected chi connectivity index (χ2v) is 3.49. The van der Waals surface area contributed by atoms with E-state index in [2.05, 4.69) is 6.92 Å². The molecule has 0 heterocycles. The molecule has 0 aliphatic rings. The lowest BCUT2D eigenvalue weighted by molar-refractivity contribution is -0.144. The molecule has 1 aromatic carbocycles. The topological polar surface area (TPSA) is 35.5 Å². The van der Waals surface area contributed by atoms with Crippen LogP contribution in [-0.4, -0.2) is 19.2 Å². The highest BCUT2D eigenvalue weighted by Gasteiger charge is 2.00. The second kappa shape index (κ2) is 6.88. The van der Waals surface area contributed by atoms with E-state index in [9.17, 15) is 4.79 Å². The molecule has 0 amide bonds. The molecule has 0 bridgehead atoms. The molecule has 3 heteroatoms. The fourth-order valence-corrected chi connectivity index (χ4v) is 1.24. The average Bonchev–Trinajstić information content (AvgIpc) is 2.25. The molecule has 87 valence electrons. The number of carbonyl (C=O) groups excluding carboxylic acids is 1. The number of carbonyl (C=O) groups is 1. The van der Waals surface area contributed by atoms with E-state index in [0.29, 0.717) is 19.4 Å². The van der Waals surface area contributed by atoms with E-state index in [1.807, 2.05) is 31.2 Å². The molecule has 1 radical (unpaired) electrons. The number of aryl methyl sites for hydroxylation is 1. The number of benzene rings is 1. The Kier molecular flexibility index (Phi) is 5.40. The van der Waals surface area contributed by atoms with Crippen molar-refractivity contribution in [2.24, 2.45) is 0 Å². The minimum absolute atomic E-state index is 0.220. The van der Waals surface area contributed by atoms with Crippen molar-refractivity contribution in [3.63, 3.8) is 0 Å². The summed E-state index contributed by atoms with van der Waals surface area (Å²) in [5.74, 6) is 0.580. The number of rotatable bonds is 6. The molecule has 0 atom stereocenters. The molecule has 0 N–H and O–H groups in total. The van der Waals surface area contributed by atoms with Crippen molar-refractivity contribution in [2.45, 2.75) is 19.8 Å². The molecular weight excluding hydrogens is 204 g/mol. The lowest BCUT2D eigenvalue weighted by Gasteiger charge is -2.07. The van der Waals surface area contributed by atoms with Gasteiger partial charge in [-0.2, -0.15) is 0 Å². The Labute approximate surface area is 96.4 Å². The molecule has 16 heavy (non-hydrogen) atoms. The van der Waals surface area contributed by atoms with Gasteiger partial charge in [0.05, 0.1) is 0 Å². The molecule has 0 saturated heterocycles. The summed E-state index contributed by atoms with van der Waals surface area (Å²) in [5, 5.41) is 0. The van der Waals surface area contributed by atoms with Gasteiger partial charge in [0.2, 0.25) is 0 Å². The van der Waals surface area contributed by atoms with Gasteiger partial charge in [0.25, 0.3) is 0 Å². The molecule has 3 nitrogen and oxygen atoms in total. The summed E-state index contributed by atoms with van der Waals surface area (Å²) < 4.78 is 10.4. The minimum atomic E-state index is -0.220. The van der Waals surface area contributed by atoms with Crippen LogP contribution < -0.4 is 4.74 Å². The van der Waals surface area contributed by atoms with Crippen molar-refractivity contribution >= 4 is 5.97 Å². The summed E-state index contributed by atoms with van der Waals surface area (Å²) in [7, 11) is 0. The van der Waals surface area contributed by atoms with Crippen LogP contribution in [-0.2, 0) is 9.53 Å². The first-order valence-electron chi connectivity index (χ1n) is 5.36. The Balaban J connectivity index is 2.18. The second-order valence-electron chi connectivity index (χ2n) is 3.49. The van der Waals surface area contributed by atoms with Crippen LogP contribution in [0.15, 0.2) is 24.3 Å². The first-order valence-corrected chi connectivity index (χ1v) is 5.36. The van der Waals surface area contributed by atoms with Crippen molar-refractivity contribution < 1.29 is 14.3 Å². The fourth-order valence-electron chi connectivity index (χ4n) is 1.24. The monoisotopic (exact) mass is 221 g/mol. The van der Waals surface area contributed by atoms with Crippen LogP contribution >= 0.6 is 0 Å². The number of ether oxygens (including phenoxy) is 2. The predicted molar refractivity (Wildman–Crippen MR) is 62.2 cm³/mol. The largest absolute Gasteiger partial charge is 0.490 e. The Morgan fingerprint density at radius 2 is 2.19 bits per heavy atom. The molecule has 0 fully saturated rings. The van der Waals surface area contributed by atoms with Gasteiger partial charge in [-0.3, -0.25) is 4.79 Å². The third-order valence-electron chi connectivity index (χ3n) is 1.99. The van der Waals surface area contributed by atoms with E-state index < -0.39 is 0 Å². The van der Waals surface area contributed by atoms with Crippen LogP contribution in [0.2, 0.25) is 0 Å². The van der Waals surface area contributed by atoms with Crippen LogP contribution in [0.3, 0.4) is 0 Å². The summed E-state index contributed by atoms with van der Waals surface area (Å²) in [6.45, 7) is 6.25. The molecular formula is C13H17O3. The first kappa shape index (κ1) is 12.6. The maximum Gasteiger partial charge on any atom is 0.305 e. The fraction of sp³-hybridized carbons (Fsp3) is 0.385. The lowest BCUT2D eigenvalue weighted by Crippen LogP contribution is -2.11. The first-order chi connectivity index (χ1) is 7.72. The molecule has 0 aliphatic heterocycles. The Morgan fingerprint density at radius 1 is 1.38 bits per heavy atom. The maximum absolute atomic E-state index is 11.0. The smallest absolute Gasteiger partial charge is 0.305 e. The summed E-state index contributed by atoms with van der Waals surface area (Å²) in [6.07, 6.45) is 0.933. The normalized spacial score (nSPS) is 9.88. The number of esters is 1. The van der Waals surface area contributed by atoms with E-state index in [1.165, 1.54) is 0 Å². The van der Waals surface area contributed by atoms with Crippen LogP contribution in [0.25, 0.3) is 0 Å². The summed E-state index contributed by atoms with van der Waals surface area (Å²) in [6, 6.07) is 7.75. The van der Waals surface area contributed by atoms with Crippen molar-refractivity contribution in [3.8, 4) is 5.75 Å². The van der Waals surface area contributed by atoms with Gasteiger partial charge in [-0.05, 0) is 31.0 Å². The van der Waals surface area contributed by atoms with Crippen LogP contribution in [0.4, 0.5) is 0 Å². The van der Waals surface area contributed by atoms with Gasteiger partial charge in [-0.25, -0.2) is 0 Å². The van der Waals surface area contributed by atoms with Crippen molar-refractivity contribution in [3.05, 3.63) is 36.8 Å². The number of hydrogen-bond donors (Lipinski definition) is 0. The predicted octanol–water partition coefficient (Wildman–Crippen LogP) is 2.53. The van der Waals surface area contributed by atoms with Gasteiger partial charge in [0.1, 0.15) is 19.0 Å². The van der Waals surface area contributed by atoms with Gasteiger partial charge >= 0.3 is 5.97 Å². The Morgan fingerprint density at radius 3 is 2.88 bits per heavy atom. The third-order valence-corrected chi connectivity index (χ3v) is 1.99. The molecule has 0 aliphatic carbocycles. The minimum Gasteiger partial charge on any atom is -0.490 e. The highest BCUT2D eigenvalue weighted by Crippen LogP contribution is 2.11. The lowest BCUT2D eigenvalue weighted by atomic mass is 10.2. The van der Waals surface area contributed by atoms with E-state index >= 15 is 0 Å². The summed E-state index contributed by atoms with van der Waals surface area (Å²) >= 11 is 0. The van der Waals surface area contributed by atoms with Crippen molar-refractivity contribution in [2.75, 3.05) is 13.2 Å². The summed E-state index contributed by atoms with van der Waals surface area (Å²) in [5.41, 5.74) is 1.14. The Hall–Kier alpha value is -1.51. The summed E-state index contributed by atoms with van der Waals surface area (Å²) in [4.78, 5) is 11.0. The quantitative estimate of drug-likeness (QED) is 0.547.